The first-order valence-corrected chi connectivity index (χ1v) is 7.45. The van der Waals surface area contributed by atoms with Gasteiger partial charge < -0.3 is 14.8 Å². The van der Waals surface area contributed by atoms with Crippen molar-refractivity contribution in [1.82, 2.24) is 5.32 Å². The molecule has 2 aromatic carbocycles. The maximum absolute atomic E-state index is 5.96. The molecule has 0 radical (unpaired) electrons. The molecule has 0 bridgehead atoms. The zero-order valence-electron chi connectivity index (χ0n) is 12.5. The first-order chi connectivity index (χ1) is 10.4. The van der Waals surface area contributed by atoms with E-state index in [1.54, 1.807) is 0 Å². The van der Waals surface area contributed by atoms with Crippen molar-refractivity contribution in [3.63, 3.8) is 0 Å². The highest BCUT2D eigenvalue weighted by Gasteiger charge is 2.10. The standard InChI is InChI=1S/C18H23NO2/c1-2-19-15-18(16-9-5-3-6-10-16)21-14-13-20-17-11-7-4-8-12-17/h3-12,18-19H,2,13-15H2,1H3. The Morgan fingerprint density at radius 3 is 2.24 bits per heavy atom. The molecule has 0 fully saturated rings. The van der Waals surface area contributed by atoms with Gasteiger partial charge in [-0.1, -0.05) is 55.5 Å². The molecule has 0 heterocycles. The van der Waals surface area contributed by atoms with Crippen LogP contribution in [-0.2, 0) is 4.74 Å². The molecular formula is C18H23NO2. The van der Waals surface area contributed by atoms with Crippen LogP contribution in [0, 0.1) is 0 Å². The van der Waals surface area contributed by atoms with Crippen molar-refractivity contribution < 1.29 is 9.47 Å². The molecule has 0 saturated heterocycles. The number of nitrogens with one attached hydrogen (secondary N) is 1. The lowest BCUT2D eigenvalue weighted by Gasteiger charge is -2.19. The van der Waals surface area contributed by atoms with Gasteiger partial charge in [0.05, 0.1) is 12.7 Å². The minimum Gasteiger partial charge on any atom is -0.491 e. The van der Waals surface area contributed by atoms with E-state index in [1.807, 2.05) is 48.5 Å². The summed E-state index contributed by atoms with van der Waals surface area (Å²) in [4.78, 5) is 0. The maximum Gasteiger partial charge on any atom is 0.119 e. The van der Waals surface area contributed by atoms with E-state index in [1.165, 1.54) is 5.56 Å². The molecule has 0 aliphatic rings. The Bertz CT molecular complexity index is 487. The van der Waals surface area contributed by atoms with Crippen LogP contribution in [0.5, 0.6) is 5.75 Å². The molecule has 0 aliphatic heterocycles. The van der Waals surface area contributed by atoms with Gasteiger partial charge in [-0.3, -0.25) is 0 Å². The lowest BCUT2D eigenvalue weighted by Crippen LogP contribution is -2.24. The van der Waals surface area contributed by atoms with Crippen LogP contribution in [0.1, 0.15) is 18.6 Å². The third-order valence-electron chi connectivity index (χ3n) is 3.17. The fraction of sp³-hybridized carbons (Fsp3) is 0.333. The fourth-order valence-electron chi connectivity index (χ4n) is 2.08. The summed E-state index contributed by atoms with van der Waals surface area (Å²) in [5.74, 6) is 0.879. The van der Waals surface area contributed by atoms with E-state index in [0.29, 0.717) is 13.2 Å². The monoisotopic (exact) mass is 285 g/mol. The Hall–Kier alpha value is -1.84. The van der Waals surface area contributed by atoms with Gasteiger partial charge in [0.2, 0.25) is 0 Å². The Balaban J connectivity index is 1.79. The Labute approximate surface area is 126 Å². The number of ether oxygens (including phenoxy) is 2. The van der Waals surface area contributed by atoms with Crippen molar-refractivity contribution in [1.29, 1.82) is 0 Å². The lowest BCUT2D eigenvalue weighted by atomic mass is 10.1. The van der Waals surface area contributed by atoms with Crippen LogP contribution in [0.25, 0.3) is 0 Å². The number of likely N-dealkylation sites (N-methyl/N-ethyl adjacent to an activating group) is 1. The minimum atomic E-state index is 0.0607. The molecule has 0 amide bonds. The molecular weight excluding hydrogens is 262 g/mol. The number of benzene rings is 2. The number of hydrogen-bond acceptors (Lipinski definition) is 3. The normalized spacial score (nSPS) is 12.0. The second-order valence-electron chi connectivity index (χ2n) is 4.74. The molecule has 0 spiro atoms. The van der Waals surface area contributed by atoms with Crippen molar-refractivity contribution >= 4 is 0 Å². The molecule has 2 aromatic rings. The van der Waals surface area contributed by atoms with Crippen LogP contribution >= 0.6 is 0 Å². The van der Waals surface area contributed by atoms with Gasteiger partial charge in [-0.15, -0.1) is 0 Å². The molecule has 21 heavy (non-hydrogen) atoms. The van der Waals surface area contributed by atoms with E-state index in [-0.39, 0.29) is 6.10 Å². The molecule has 0 saturated carbocycles. The van der Waals surface area contributed by atoms with Crippen molar-refractivity contribution in [2.75, 3.05) is 26.3 Å². The van der Waals surface area contributed by atoms with Crippen LogP contribution in [0.2, 0.25) is 0 Å². The van der Waals surface area contributed by atoms with Gasteiger partial charge in [-0.05, 0) is 24.2 Å². The van der Waals surface area contributed by atoms with Crippen LogP contribution in [0.3, 0.4) is 0 Å². The molecule has 1 N–H and O–H groups in total. The largest absolute Gasteiger partial charge is 0.491 e. The molecule has 0 aromatic heterocycles. The zero-order chi connectivity index (χ0) is 14.8. The first kappa shape index (κ1) is 15.5. The smallest absolute Gasteiger partial charge is 0.119 e. The fourth-order valence-corrected chi connectivity index (χ4v) is 2.08. The van der Waals surface area contributed by atoms with Gasteiger partial charge in [0, 0.05) is 6.54 Å². The second-order valence-corrected chi connectivity index (χ2v) is 4.74. The quantitative estimate of drug-likeness (QED) is 0.716. The summed E-state index contributed by atoms with van der Waals surface area (Å²) in [7, 11) is 0. The van der Waals surface area contributed by atoms with Gasteiger partial charge in [0.1, 0.15) is 12.4 Å². The number of para-hydroxylation sites is 1. The average molecular weight is 285 g/mol. The van der Waals surface area contributed by atoms with E-state index < -0.39 is 0 Å². The second kappa shape index (κ2) is 9.16. The van der Waals surface area contributed by atoms with Gasteiger partial charge in [-0.25, -0.2) is 0 Å². The Morgan fingerprint density at radius 1 is 0.905 bits per heavy atom. The lowest BCUT2D eigenvalue weighted by molar-refractivity contribution is 0.0333. The highest BCUT2D eigenvalue weighted by Crippen LogP contribution is 2.16. The van der Waals surface area contributed by atoms with Crippen molar-refractivity contribution in [2.24, 2.45) is 0 Å². The predicted octanol–water partition coefficient (Wildman–Crippen LogP) is 3.43. The van der Waals surface area contributed by atoms with Crippen LogP contribution < -0.4 is 10.1 Å². The minimum absolute atomic E-state index is 0.0607. The summed E-state index contributed by atoms with van der Waals surface area (Å²) in [6, 6.07) is 20.1. The number of hydrogen-bond donors (Lipinski definition) is 1. The maximum atomic E-state index is 5.96. The molecule has 112 valence electrons. The summed E-state index contributed by atoms with van der Waals surface area (Å²) in [6.07, 6.45) is 0.0607. The summed E-state index contributed by atoms with van der Waals surface area (Å²) in [5.41, 5.74) is 1.19. The van der Waals surface area contributed by atoms with Crippen molar-refractivity contribution in [3.8, 4) is 5.75 Å². The Morgan fingerprint density at radius 2 is 1.57 bits per heavy atom. The van der Waals surface area contributed by atoms with Gasteiger partial charge in [0.15, 0.2) is 0 Å². The number of rotatable bonds is 9. The summed E-state index contributed by atoms with van der Waals surface area (Å²) >= 11 is 0. The molecule has 1 atom stereocenters. The van der Waals surface area contributed by atoms with E-state index in [4.69, 9.17) is 9.47 Å². The van der Waals surface area contributed by atoms with E-state index in [9.17, 15) is 0 Å². The average Bonchev–Trinajstić information content (AvgIpc) is 2.56. The molecule has 3 heteroatoms. The molecule has 0 aliphatic carbocycles. The first-order valence-electron chi connectivity index (χ1n) is 7.45. The molecule has 3 nitrogen and oxygen atoms in total. The van der Waals surface area contributed by atoms with Crippen LogP contribution in [-0.4, -0.2) is 26.3 Å². The van der Waals surface area contributed by atoms with Crippen LogP contribution in [0.15, 0.2) is 60.7 Å². The Kier molecular flexibility index (Phi) is 6.78. The van der Waals surface area contributed by atoms with E-state index in [2.05, 4.69) is 24.4 Å². The van der Waals surface area contributed by atoms with E-state index in [0.717, 1.165) is 18.8 Å². The zero-order valence-corrected chi connectivity index (χ0v) is 12.5. The molecule has 2 rings (SSSR count). The summed E-state index contributed by atoms with van der Waals surface area (Å²) < 4.78 is 11.6. The predicted molar refractivity (Wildman–Crippen MR) is 85.6 cm³/mol. The van der Waals surface area contributed by atoms with Crippen molar-refractivity contribution in [3.05, 3.63) is 66.2 Å². The summed E-state index contributed by atoms with van der Waals surface area (Å²) in [5, 5.41) is 3.34. The third-order valence-corrected chi connectivity index (χ3v) is 3.17. The van der Waals surface area contributed by atoms with Gasteiger partial charge >= 0.3 is 0 Å². The van der Waals surface area contributed by atoms with Gasteiger partial charge in [-0.2, -0.15) is 0 Å². The van der Waals surface area contributed by atoms with E-state index >= 15 is 0 Å². The van der Waals surface area contributed by atoms with Crippen molar-refractivity contribution in [2.45, 2.75) is 13.0 Å². The van der Waals surface area contributed by atoms with Gasteiger partial charge in [0.25, 0.3) is 0 Å². The third kappa shape index (κ3) is 5.58. The highest BCUT2D eigenvalue weighted by atomic mass is 16.5. The molecule has 1 unspecified atom stereocenters. The highest BCUT2D eigenvalue weighted by molar-refractivity contribution is 5.21. The summed E-state index contributed by atoms with van der Waals surface area (Å²) in [6.45, 7) is 4.97. The van der Waals surface area contributed by atoms with Crippen LogP contribution in [0.4, 0.5) is 0 Å². The SMILES string of the molecule is CCNCC(OCCOc1ccccc1)c1ccccc1. The topological polar surface area (TPSA) is 30.5 Å².